The molecule has 2 aromatic rings. The van der Waals surface area contributed by atoms with Gasteiger partial charge in [-0.15, -0.1) is 0 Å². The second-order valence-electron chi connectivity index (χ2n) is 9.32. The number of hydrogen-bond acceptors (Lipinski definition) is 4. The van der Waals surface area contributed by atoms with E-state index in [1.165, 1.54) is 5.56 Å². The third kappa shape index (κ3) is 3.34. The predicted molar refractivity (Wildman–Crippen MR) is 116 cm³/mol. The number of likely N-dealkylation sites (tertiary alicyclic amines) is 1. The zero-order valence-electron chi connectivity index (χ0n) is 17.8. The molecular weight excluding hydrogens is 360 g/mol. The van der Waals surface area contributed by atoms with Crippen molar-refractivity contribution in [1.82, 2.24) is 9.88 Å². The van der Waals surface area contributed by atoms with Crippen molar-refractivity contribution >= 4 is 11.4 Å². The Morgan fingerprint density at radius 3 is 2.34 bits per heavy atom. The van der Waals surface area contributed by atoms with Crippen molar-refractivity contribution in [1.29, 1.82) is 0 Å². The van der Waals surface area contributed by atoms with E-state index in [1.807, 2.05) is 6.07 Å². The highest BCUT2D eigenvalue weighted by atomic mass is 16.3. The van der Waals surface area contributed by atoms with Crippen LogP contribution in [0, 0.1) is 5.41 Å². The zero-order chi connectivity index (χ0) is 20.8. The third-order valence-corrected chi connectivity index (χ3v) is 6.61. The molecule has 1 atom stereocenters. The van der Waals surface area contributed by atoms with Gasteiger partial charge in [0.1, 0.15) is 5.60 Å². The molecule has 1 aromatic carbocycles. The Kier molecular flexibility index (Phi) is 4.96. The summed E-state index contributed by atoms with van der Waals surface area (Å²) < 4.78 is 0. The lowest BCUT2D eigenvalue weighted by atomic mass is 9.62. The third-order valence-electron chi connectivity index (χ3n) is 6.61. The van der Waals surface area contributed by atoms with Gasteiger partial charge in [0.2, 0.25) is 0 Å². The summed E-state index contributed by atoms with van der Waals surface area (Å²) in [6.45, 7) is 8.11. The van der Waals surface area contributed by atoms with E-state index in [-0.39, 0.29) is 11.2 Å². The lowest BCUT2D eigenvalue weighted by Crippen LogP contribution is -2.63. The van der Waals surface area contributed by atoms with Crippen LogP contribution in [0.25, 0.3) is 5.57 Å². The Balaban J connectivity index is 1.81. The first-order valence-corrected chi connectivity index (χ1v) is 10.4. The molecule has 0 saturated carbocycles. The van der Waals surface area contributed by atoms with Crippen LogP contribution in [0.4, 0.5) is 0 Å². The number of hydrogen-bond donors (Lipinski definition) is 1. The van der Waals surface area contributed by atoms with Crippen molar-refractivity contribution in [2.75, 3.05) is 20.1 Å². The number of allylic oxidation sites excluding steroid dienone is 2. The lowest BCUT2D eigenvalue weighted by Gasteiger charge is -2.56. The molecule has 4 nitrogen and oxygen atoms in total. The topological polar surface area (TPSA) is 53.4 Å². The average Bonchev–Trinajstić information content (AvgIpc) is 3.13. The minimum atomic E-state index is -1.15. The molecular formula is C25H30N2O2. The molecule has 1 saturated heterocycles. The second-order valence-corrected chi connectivity index (χ2v) is 9.32. The lowest BCUT2D eigenvalue weighted by molar-refractivity contribution is -0.127. The molecule has 4 rings (SSSR count). The molecule has 0 amide bonds. The Hall–Kier alpha value is -2.30. The maximum Gasteiger partial charge on any atom is 0.156 e. The molecule has 2 heterocycles. The Morgan fingerprint density at radius 2 is 1.79 bits per heavy atom. The maximum atomic E-state index is 12.2. The first-order chi connectivity index (χ1) is 13.7. The van der Waals surface area contributed by atoms with E-state index < -0.39 is 5.60 Å². The second kappa shape index (κ2) is 7.19. The molecule has 1 aliphatic carbocycles. The highest BCUT2D eigenvalue weighted by Crippen LogP contribution is 2.50. The molecule has 2 aliphatic rings. The molecule has 1 aromatic heterocycles. The molecule has 152 valence electrons. The zero-order valence-corrected chi connectivity index (χ0v) is 17.8. The maximum absolute atomic E-state index is 12.2. The van der Waals surface area contributed by atoms with Gasteiger partial charge in [0.05, 0.1) is 0 Å². The average molecular weight is 391 g/mol. The summed E-state index contributed by atoms with van der Waals surface area (Å²) in [5.74, 6) is 0.608. The molecule has 0 radical (unpaired) electrons. The van der Waals surface area contributed by atoms with Crippen molar-refractivity contribution in [3.63, 3.8) is 0 Å². The summed E-state index contributed by atoms with van der Waals surface area (Å²) in [4.78, 5) is 18.4. The van der Waals surface area contributed by atoms with Crippen LogP contribution in [-0.4, -0.2) is 40.9 Å². The van der Waals surface area contributed by atoms with Crippen LogP contribution in [-0.2, 0) is 10.4 Å². The SMILES string of the molecule is CC(C)c1ccc([C@](O)(c2cncc(C3=CC(=O)CC3)c2)C2(C)CN(C)C2)cc1. The van der Waals surface area contributed by atoms with Gasteiger partial charge in [0, 0.05) is 42.9 Å². The minimum Gasteiger partial charge on any atom is -0.380 e. The Bertz CT molecular complexity index is 955. The van der Waals surface area contributed by atoms with Crippen LogP contribution >= 0.6 is 0 Å². The van der Waals surface area contributed by atoms with Crippen molar-refractivity contribution < 1.29 is 9.90 Å². The van der Waals surface area contributed by atoms with Gasteiger partial charge in [-0.3, -0.25) is 9.78 Å². The van der Waals surface area contributed by atoms with Gasteiger partial charge >= 0.3 is 0 Å². The van der Waals surface area contributed by atoms with E-state index in [2.05, 4.69) is 62.0 Å². The van der Waals surface area contributed by atoms with Gasteiger partial charge in [0.25, 0.3) is 0 Å². The van der Waals surface area contributed by atoms with Crippen LogP contribution in [0.5, 0.6) is 0 Å². The van der Waals surface area contributed by atoms with Gasteiger partial charge < -0.3 is 10.0 Å². The van der Waals surface area contributed by atoms with E-state index in [9.17, 15) is 9.90 Å². The highest BCUT2D eigenvalue weighted by molar-refractivity contribution is 6.01. The fourth-order valence-electron chi connectivity index (χ4n) is 4.98. The smallest absolute Gasteiger partial charge is 0.156 e. The first-order valence-electron chi connectivity index (χ1n) is 10.4. The van der Waals surface area contributed by atoms with Crippen LogP contribution in [0.2, 0.25) is 0 Å². The molecule has 1 fully saturated rings. The summed E-state index contributed by atoms with van der Waals surface area (Å²) in [5.41, 5.74) is 3.42. The van der Waals surface area contributed by atoms with Crippen LogP contribution in [0.15, 0.2) is 48.8 Å². The largest absolute Gasteiger partial charge is 0.380 e. The number of carbonyl (C=O) groups excluding carboxylic acids is 1. The van der Waals surface area contributed by atoms with Crippen molar-refractivity contribution in [3.05, 3.63) is 71.1 Å². The summed E-state index contributed by atoms with van der Waals surface area (Å²) >= 11 is 0. The number of ketones is 1. The normalized spacial score (nSPS) is 21.0. The number of aliphatic hydroxyl groups is 1. The van der Waals surface area contributed by atoms with Gasteiger partial charge in [0.15, 0.2) is 5.78 Å². The highest BCUT2D eigenvalue weighted by Gasteiger charge is 2.55. The number of aromatic nitrogens is 1. The van der Waals surface area contributed by atoms with Crippen LogP contribution in [0.3, 0.4) is 0 Å². The quantitative estimate of drug-likeness (QED) is 0.834. The van der Waals surface area contributed by atoms with Crippen LogP contribution in [0.1, 0.15) is 61.8 Å². The van der Waals surface area contributed by atoms with Gasteiger partial charge in [-0.1, -0.05) is 45.0 Å². The van der Waals surface area contributed by atoms with E-state index in [0.717, 1.165) is 41.8 Å². The number of rotatable bonds is 5. The van der Waals surface area contributed by atoms with Crippen molar-refractivity contribution in [2.45, 2.75) is 45.1 Å². The van der Waals surface area contributed by atoms with Crippen molar-refractivity contribution in [2.24, 2.45) is 5.41 Å². The van der Waals surface area contributed by atoms with Crippen molar-refractivity contribution in [3.8, 4) is 0 Å². The Labute approximate surface area is 173 Å². The molecule has 0 unspecified atom stereocenters. The summed E-state index contributed by atoms with van der Waals surface area (Å²) in [5, 5.41) is 12.2. The molecule has 0 spiro atoms. The molecule has 0 bridgehead atoms. The van der Waals surface area contributed by atoms with E-state index >= 15 is 0 Å². The van der Waals surface area contributed by atoms with Crippen LogP contribution < -0.4 is 0 Å². The predicted octanol–water partition coefficient (Wildman–Crippen LogP) is 4.14. The molecule has 1 N–H and O–H groups in total. The fourth-order valence-corrected chi connectivity index (χ4v) is 4.98. The standard InChI is InChI=1S/C25H30N2O2/c1-17(2)18-5-8-21(9-6-18)25(29,24(3)15-27(4)16-24)22-11-20(13-26-14-22)19-7-10-23(28)12-19/h5-6,8-9,11-14,17,29H,7,10,15-16H2,1-4H3/t25-/m0/s1. The van der Waals surface area contributed by atoms with Gasteiger partial charge in [-0.05, 0) is 53.8 Å². The van der Waals surface area contributed by atoms with Gasteiger partial charge in [-0.25, -0.2) is 0 Å². The number of pyridine rings is 1. The first kappa shape index (κ1) is 20.0. The summed E-state index contributed by atoms with van der Waals surface area (Å²) in [6.07, 6.45) is 6.59. The summed E-state index contributed by atoms with van der Waals surface area (Å²) in [6, 6.07) is 10.4. The number of carbonyl (C=O) groups is 1. The number of nitrogens with zero attached hydrogens (tertiary/aromatic N) is 2. The molecule has 29 heavy (non-hydrogen) atoms. The summed E-state index contributed by atoms with van der Waals surface area (Å²) in [7, 11) is 2.08. The Morgan fingerprint density at radius 1 is 1.10 bits per heavy atom. The van der Waals surface area contributed by atoms with Gasteiger partial charge in [-0.2, -0.15) is 0 Å². The minimum absolute atomic E-state index is 0.164. The monoisotopic (exact) mass is 390 g/mol. The molecule has 1 aliphatic heterocycles. The van der Waals surface area contributed by atoms with E-state index in [1.54, 1.807) is 18.5 Å². The van der Waals surface area contributed by atoms with E-state index in [4.69, 9.17) is 0 Å². The van der Waals surface area contributed by atoms with E-state index in [0.29, 0.717) is 12.3 Å². The number of benzene rings is 1. The molecule has 4 heteroatoms. The fraction of sp³-hybridized carbons (Fsp3) is 0.440.